The van der Waals surface area contributed by atoms with Gasteiger partial charge in [-0.05, 0) is 37.8 Å². The Morgan fingerprint density at radius 3 is 2.66 bits per heavy atom. The van der Waals surface area contributed by atoms with Gasteiger partial charge in [-0.1, -0.05) is 6.07 Å². The number of aryl methyl sites for hydroxylation is 2. The second-order valence-electron chi connectivity index (χ2n) is 7.67. The SMILES string of the molecule is CC(=O)N1CCN(Cc2nc(-c3cc(C)n(CCc4cccs4)c3C)cs2)CC1. The summed E-state index contributed by atoms with van der Waals surface area (Å²) in [7, 11) is 0. The largest absolute Gasteiger partial charge is 0.348 e. The second-order valence-corrected chi connectivity index (χ2v) is 9.65. The highest BCUT2D eigenvalue weighted by molar-refractivity contribution is 7.10. The Morgan fingerprint density at radius 1 is 1.17 bits per heavy atom. The Morgan fingerprint density at radius 2 is 1.97 bits per heavy atom. The number of carbonyl (C=O) groups is 1. The van der Waals surface area contributed by atoms with Gasteiger partial charge in [-0.2, -0.15) is 0 Å². The van der Waals surface area contributed by atoms with E-state index in [1.165, 1.54) is 21.8 Å². The molecule has 154 valence electrons. The van der Waals surface area contributed by atoms with Gasteiger partial charge < -0.3 is 9.47 Å². The lowest BCUT2D eigenvalue weighted by atomic mass is 10.2. The molecule has 0 unspecified atom stereocenters. The standard InChI is InChI=1S/C22H28N4OS2/c1-16-13-20(17(2)26(16)7-6-19-5-4-12-28-19)21-15-29-22(23-21)14-24-8-10-25(11-9-24)18(3)27/h4-5,12-13,15H,6-11,14H2,1-3H3. The number of thiophene rings is 1. The van der Waals surface area contributed by atoms with Gasteiger partial charge in [0.2, 0.25) is 5.91 Å². The van der Waals surface area contributed by atoms with E-state index in [-0.39, 0.29) is 5.91 Å². The number of amides is 1. The summed E-state index contributed by atoms with van der Waals surface area (Å²) in [6, 6.07) is 6.61. The summed E-state index contributed by atoms with van der Waals surface area (Å²) >= 11 is 3.57. The summed E-state index contributed by atoms with van der Waals surface area (Å²) in [4.78, 5) is 22.2. The van der Waals surface area contributed by atoms with Crippen LogP contribution in [0, 0.1) is 13.8 Å². The molecule has 1 aliphatic heterocycles. The zero-order chi connectivity index (χ0) is 20.4. The molecule has 7 heteroatoms. The van der Waals surface area contributed by atoms with E-state index < -0.39 is 0 Å². The van der Waals surface area contributed by atoms with Crippen molar-refractivity contribution in [1.82, 2.24) is 19.4 Å². The Balaban J connectivity index is 1.41. The van der Waals surface area contributed by atoms with Gasteiger partial charge in [0.25, 0.3) is 0 Å². The van der Waals surface area contributed by atoms with Crippen molar-refractivity contribution in [2.24, 2.45) is 0 Å². The zero-order valence-corrected chi connectivity index (χ0v) is 19.0. The number of nitrogens with zero attached hydrogens (tertiary/aromatic N) is 4. The summed E-state index contributed by atoms with van der Waals surface area (Å²) in [5.74, 6) is 0.177. The maximum atomic E-state index is 11.5. The van der Waals surface area contributed by atoms with Crippen LogP contribution in [0.2, 0.25) is 0 Å². The average Bonchev–Trinajstić information content (AvgIpc) is 3.43. The molecule has 0 bridgehead atoms. The third-order valence-electron chi connectivity index (χ3n) is 5.74. The number of hydrogen-bond acceptors (Lipinski definition) is 5. The smallest absolute Gasteiger partial charge is 0.219 e. The molecule has 0 spiro atoms. The molecular weight excluding hydrogens is 400 g/mol. The summed E-state index contributed by atoms with van der Waals surface area (Å²) in [5.41, 5.74) is 4.93. The van der Waals surface area contributed by atoms with Crippen LogP contribution in [-0.2, 0) is 24.3 Å². The molecule has 0 radical (unpaired) electrons. The maximum absolute atomic E-state index is 11.5. The van der Waals surface area contributed by atoms with Crippen LogP contribution in [0.1, 0.15) is 28.2 Å². The van der Waals surface area contributed by atoms with Gasteiger partial charge >= 0.3 is 0 Å². The van der Waals surface area contributed by atoms with Crippen LogP contribution in [-0.4, -0.2) is 51.4 Å². The number of aromatic nitrogens is 2. The fourth-order valence-electron chi connectivity index (χ4n) is 4.00. The average molecular weight is 429 g/mol. The van der Waals surface area contributed by atoms with E-state index in [4.69, 9.17) is 4.98 Å². The van der Waals surface area contributed by atoms with Crippen molar-refractivity contribution >= 4 is 28.6 Å². The molecule has 3 aromatic rings. The number of piperazine rings is 1. The van der Waals surface area contributed by atoms with Crippen molar-refractivity contribution < 1.29 is 4.79 Å². The third kappa shape index (κ3) is 4.63. The Labute approximate surface area is 180 Å². The lowest BCUT2D eigenvalue weighted by Gasteiger charge is -2.33. The van der Waals surface area contributed by atoms with Crippen molar-refractivity contribution in [3.8, 4) is 11.3 Å². The van der Waals surface area contributed by atoms with E-state index >= 15 is 0 Å². The fourth-order valence-corrected chi connectivity index (χ4v) is 5.53. The summed E-state index contributed by atoms with van der Waals surface area (Å²) in [6.07, 6.45) is 1.07. The molecule has 0 atom stereocenters. The van der Waals surface area contributed by atoms with Gasteiger partial charge in [-0.3, -0.25) is 9.69 Å². The Kier molecular flexibility index (Phi) is 6.18. The minimum atomic E-state index is 0.177. The van der Waals surface area contributed by atoms with Gasteiger partial charge in [0.1, 0.15) is 5.01 Å². The molecule has 1 saturated heterocycles. The van der Waals surface area contributed by atoms with Crippen molar-refractivity contribution in [2.45, 2.75) is 40.3 Å². The lowest BCUT2D eigenvalue weighted by molar-refractivity contribution is -0.130. The molecule has 0 saturated carbocycles. The normalized spacial score (nSPS) is 15.2. The van der Waals surface area contributed by atoms with Crippen LogP contribution in [0.5, 0.6) is 0 Å². The monoisotopic (exact) mass is 428 g/mol. The Hall–Kier alpha value is -1.96. The van der Waals surface area contributed by atoms with E-state index in [1.54, 1.807) is 18.3 Å². The van der Waals surface area contributed by atoms with Crippen LogP contribution < -0.4 is 0 Å². The summed E-state index contributed by atoms with van der Waals surface area (Å²) < 4.78 is 2.41. The number of thiazole rings is 1. The molecule has 3 aromatic heterocycles. The van der Waals surface area contributed by atoms with E-state index in [0.717, 1.165) is 56.4 Å². The second kappa shape index (κ2) is 8.81. The number of hydrogen-bond donors (Lipinski definition) is 0. The van der Waals surface area contributed by atoms with Crippen molar-refractivity contribution in [1.29, 1.82) is 0 Å². The number of rotatable bonds is 6. The quantitative estimate of drug-likeness (QED) is 0.591. The van der Waals surface area contributed by atoms with Gasteiger partial charge in [0, 0.05) is 66.9 Å². The highest BCUT2D eigenvalue weighted by atomic mass is 32.1. The lowest BCUT2D eigenvalue weighted by Crippen LogP contribution is -2.47. The van der Waals surface area contributed by atoms with Crippen molar-refractivity contribution in [3.63, 3.8) is 0 Å². The highest BCUT2D eigenvalue weighted by Gasteiger charge is 2.20. The molecular formula is C22H28N4OS2. The van der Waals surface area contributed by atoms with E-state index in [0.29, 0.717) is 0 Å². The molecule has 0 aromatic carbocycles. The van der Waals surface area contributed by atoms with Crippen LogP contribution in [0.4, 0.5) is 0 Å². The van der Waals surface area contributed by atoms with Crippen LogP contribution in [0.25, 0.3) is 11.3 Å². The first kappa shape index (κ1) is 20.3. The minimum absolute atomic E-state index is 0.177. The summed E-state index contributed by atoms with van der Waals surface area (Å²) in [5, 5.41) is 5.49. The predicted octanol–water partition coefficient (Wildman–Crippen LogP) is 4.20. The third-order valence-corrected chi connectivity index (χ3v) is 7.51. The molecule has 0 N–H and O–H groups in total. The van der Waals surface area contributed by atoms with Crippen LogP contribution in [0.15, 0.2) is 29.0 Å². The first-order chi connectivity index (χ1) is 14.0. The van der Waals surface area contributed by atoms with Crippen molar-refractivity contribution in [2.75, 3.05) is 26.2 Å². The molecule has 1 fully saturated rings. The van der Waals surface area contributed by atoms with Gasteiger partial charge in [0.15, 0.2) is 0 Å². The first-order valence-corrected chi connectivity index (χ1v) is 11.9. The predicted molar refractivity (Wildman–Crippen MR) is 121 cm³/mol. The molecule has 0 aliphatic carbocycles. The topological polar surface area (TPSA) is 41.4 Å². The molecule has 4 rings (SSSR count). The summed E-state index contributed by atoms with van der Waals surface area (Å²) in [6.45, 7) is 11.4. The van der Waals surface area contributed by atoms with Gasteiger partial charge in [0.05, 0.1) is 12.2 Å². The van der Waals surface area contributed by atoms with Gasteiger partial charge in [-0.25, -0.2) is 4.98 Å². The van der Waals surface area contributed by atoms with Crippen LogP contribution in [0.3, 0.4) is 0 Å². The zero-order valence-electron chi connectivity index (χ0n) is 17.4. The molecule has 5 nitrogen and oxygen atoms in total. The number of carbonyl (C=O) groups excluding carboxylic acids is 1. The van der Waals surface area contributed by atoms with E-state index in [2.05, 4.69) is 52.3 Å². The molecule has 1 amide bonds. The minimum Gasteiger partial charge on any atom is -0.348 e. The molecule has 4 heterocycles. The van der Waals surface area contributed by atoms with E-state index in [1.807, 2.05) is 16.2 Å². The molecule has 1 aliphatic rings. The van der Waals surface area contributed by atoms with E-state index in [9.17, 15) is 4.79 Å². The molecule has 29 heavy (non-hydrogen) atoms. The fraction of sp³-hybridized carbons (Fsp3) is 0.455. The maximum Gasteiger partial charge on any atom is 0.219 e. The van der Waals surface area contributed by atoms with Gasteiger partial charge in [-0.15, -0.1) is 22.7 Å². The van der Waals surface area contributed by atoms with Crippen molar-refractivity contribution in [3.05, 3.63) is 50.2 Å². The Bertz CT molecular complexity index is 965. The van der Waals surface area contributed by atoms with Crippen LogP contribution >= 0.6 is 22.7 Å². The highest BCUT2D eigenvalue weighted by Crippen LogP contribution is 2.29. The first-order valence-electron chi connectivity index (χ1n) is 10.1.